The molecule has 1 heterocycles. The number of aliphatic hydroxyl groups excluding tert-OH is 1. The summed E-state index contributed by atoms with van der Waals surface area (Å²) in [6, 6.07) is 4.31. The molecule has 1 rings (SSSR count). The van der Waals surface area contributed by atoms with Gasteiger partial charge in [0.05, 0.1) is 6.04 Å². The summed E-state index contributed by atoms with van der Waals surface area (Å²) in [5.41, 5.74) is 1.16. The van der Waals surface area contributed by atoms with Gasteiger partial charge in [-0.05, 0) is 32.6 Å². The molecular formula is C9H16N2O. The van der Waals surface area contributed by atoms with E-state index < -0.39 is 0 Å². The van der Waals surface area contributed by atoms with Gasteiger partial charge in [0.25, 0.3) is 0 Å². The summed E-state index contributed by atoms with van der Waals surface area (Å²) in [5, 5.41) is 8.84. The minimum absolute atomic E-state index is 0.224. The Hall–Kier alpha value is -0.800. The molecule has 1 aromatic heterocycles. The highest BCUT2D eigenvalue weighted by Crippen LogP contribution is 2.18. The molecular weight excluding hydrogens is 152 g/mol. The minimum atomic E-state index is 0.224. The topological polar surface area (TPSA) is 39.3 Å². The van der Waals surface area contributed by atoms with Crippen LogP contribution in [0.25, 0.3) is 0 Å². The molecule has 0 bridgehead atoms. The van der Waals surface area contributed by atoms with E-state index in [0.717, 1.165) is 12.1 Å². The molecule has 12 heavy (non-hydrogen) atoms. The van der Waals surface area contributed by atoms with Crippen molar-refractivity contribution in [1.82, 2.24) is 9.88 Å². The zero-order valence-corrected chi connectivity index (χ0v) is 7.62. The van der Waals surface area contributed by atoms with Crippen molar-refractivity contribution in [1.29, 1.82) is 0 Å². The van der Waals surface area contributed by atoms with Gasteiger partial charge in [-0.3, -0.25) is 0 Å². The van der Waals surface area contributed by atoms with Crippen molar-refractivity contribution < 1.29 is 5.11 Å². The van der Waals surface area contributed by atoms with E-state index in [9.17, 15) is 0 Å². The predicted octanol–water partition coefficient (Wildman–Crippen LogP) is 1.000. The van der Waals surface area contributed by atoms with Crippen molar-refractivity contribution in [3.05, 3.63) is 24.0 Å². The Morgan fingerprint density at radius 2 is 2.33 bits per heavy atom. The van der Waals surface area contributed by atoms with Crippen molar-refractivity contribution in [3.8, 4) is 0 Å². The molecule has 3 nitrogen and oxygen atoms in total. The third kappa shape index (κ3) is 2.09. The number of aromatic amines is 1. The number of H-pyrrole nitrogens is 1. The average molecular weight is 168 g/mol. The molecule has 0 aliphatic rings. The Bertz CT molecular complexity index is 206. The zero-order chi connectivity index (χ0) is 8.97. The van der Waals surface area contributed by atoms with Crippen LogP contribution in [0, 0.1) is 0 Å². The number of hydrogen-bond donors (Lipinski definition) is 2. The average Bonchev–Trinajstić information content (AvgIpc) is 2.51. The first kappa shape index (κ1) is 9.29. The number of nitrogens with zero attached hydrogens (tertiary/aromatic N) is 1. The van der Waals surface area contributed by atoms with Crippen LogP contribution in [-0.4, -0.2) is 35.7 Å². The van der Waals surface area contributed by atoms with Crippen molar-refractivity contribution >= 4 is 0 Å². The van der Waals surface area contributed by atoms with Crippen LogP contribution in [0.4, 0.5) is 0 Å². The van der Waals surface area contributed by atoms with Gasteiger partial charge < -0.3 is 15.0 Å². The maximum atomic E-state index is 8.84. The predicted molar refractivity (Wildman–Crippen MR) is 48.9 cm³/mol. The van der Waals surface area contributed by atoms with Gasteiger partial charge in [-0.25, -0.2) is 0 Å². The summed E-state index contributed by atoms with van der Waals surface area (Å²) >= 11 is 0. The van der Waals surface area contributed by atoms with Crippen molar-refractivity contribution in [2.24, 2.45) is 0 Å². The Morgan fingerprint density at radius 3 is 2.75 bits per heavy atom. The van der Waals surface area contributed by atoms with Crippen LogP contribution in [0.5, 0.6) is 0 Å². The lowest BCUT2D eigenvalue weighted by atomic mass is 10.1. The maximum absolute atomic E-state index is 8.84. The fraction of sp³-hybridized carbons (Fsp3) is 0.556. The third-order valence-corrected chi connectivity index (χ3v) is 2.01. The summed E-state index contributed by atoms with van der Waals surface area (Å²) in [7, 11) is 4.03. The largest absolute Gasteiger partial charge is 0.396 e. The summed E-state index contributed by atoms with van der Waals surface area (Å²) < 4.78 is 0. The molecule has 1 unspecified atom stereocenters. The zero-order valence-electron chi connectivity index (χ0n) is 7.62. The van der Waals surface area contributed by atoms with Gasteiger partial charge in [0.2, 0.25) is 0 Å². The Morgan fingerprint density at radius 1 is 1.58 bits per heavy atom. The molecule has 0 aliphatic carbocycles. The van der Waals surface area contributed by atoms with Crippen molar-refractivity contribution in [2.75, 3.05) is 20.7 Å². The smallest absolute Gasteiger partial charge is 0.0514 e. The normalized spacial score (nSPS) is 13.7. The van der Waals surface area contributed by atoms with Crippen LogP contribution in [0.1, 0.15) is 18.2 Å². The Labute approximate surface area is 73.0 Å². The second-order valence-corrected chi connectivity index (χ2v) is 3.12. The van der Waals surface area contributed by atoms with Crippen LogP contribution in [0.15, 0.2) is 18.3 Å². The summed E-state index contributed by atoms with van der Waals surface area (Å²) in [6.45, 7) is 0.224. The lowest BCUT2D eigenvalue weighted by Gasteiger charge is -2.22. The number of nitrogens with one attached hydrogen (secondary N) is 1. The molecule has 0 fully saturated rings. The molecule has 68 valence electrons. The van der Waals surface area contributed by atoms with E-state index in [0.29, 0.717) is 6.04 Å². The Balaban J connectivity index is 2.66. The van der Waals surface area contributed by atoms with E-state index in [1.165, 1.54) is 0 Å². The quantitative estimate of drug-likeness (QED) is 0.704. The number of hydrogen-bond acceptors (Lipinski definition) is 2. The van der Waals surface area contributed by atoms with Crippen LogP contribution in [-0.2, 0) is 0 Å². The summed E-state index contributed by atoms with van der Waals surface area (Å²) in [5.74, 6) is 0. The van der Waals surface area contributed by atoms with E-state index in [1.54, 1.807) is 0 Å². The molecule has 0 aliphatic heterocycles. The van der Waals surface area contributed by atoms with Gasteiger partial charge in [0, 0.05) is 18.5 Å². The lowest BCUT2D eigenvalue weighted by Crippen LogP contribution is -2.21. The van der Waals surface area contributed by atoms with Crippen molar-refractivity contribution in [3.63, 3.8) is 0 Å². The minimum Gasteiger partial charge on any atom is -0.396 e. The number of aliphatic hydroxyl groups is 1. The second-order valence-electron chi connectivity index (χ2n) is 3.12. The highest BCUT2D eigenvalue weighted by atomic mass is 16.3. The van der Waals surface area contributed by atoms with Crippen LogP contribution in [0.2, 0.25) is 0 Å². The summed E-state index contributed by atoms with van der Waals surface area (Å²) in [4.78, 5) is 5.25. The first-order valence-corrected chi connectivity index (χ1v) is 4.16. The van der Waals surface area contributed by atoms with Gasteiger partial charge in [-0.2, -0.15) is 0 Å². The van der Waals surface area contributed by atoms with Crippen LogP contribution >= 0.6 is 0 Å². The lowest BCUT2D eigenvalue weighted by molar-refractivity contribution is 0.208. The fourth-order valence-electron chi connectivity index (χ4n) is 1.37. The van der Waals surface area contributed by atoms with E-state index in [-0.39, 0.29) is 6.61 Å². The molecule has 0 radical (unpaired) electrons. The molecule has 0 spiro atoms. The molecule has 3 heteroatoms. The second kappa shape index (κ2) is 4.28. The van der Waals surface area contributed by atoms with Crippen molar-refractivity contribution in [2.45, 2.75) is 12.5 Å². The highest BCUT2D eigenvalue weighted by molar-refractivity contribution is 5.08. The fourth-order valence-corrected chi connectivity index (χ4v) is 1.37. The standard InChI is InChI=1S/C9H16N2O/c1-11(2)9(5-7-12)8-4-3-6-10-8/h3-4,6,9-10,12H,5,7H2,1-2H3. The molecule has 1 atom stereocenters. The molecule has 0 saturated carbocycles. The summed E-state index contributed by atoms with van der Waals surface area (Å²) in [6.07, 6.45) is 2.68. The highest BCUT2D eigenvalue weighted by Gasteiger charge is 2.13. The molecule has 2 N–H and O–H groups in total. The Kier molecular flexibility index (Phi) is 3.31. The maximum Gasteiger partial charge on any atom is 0.0514 e. The van der Waals surface area contributed by atoms with E-state index in [1.807, 2.05) is 32.4 Å². The van der Waals surface area contributed by atoms with Gasteiger partial charge in [-0.1, -0.05) is 0 Å². The SMILES string of the molecule is CN(C)C(CCO)c1ccc[nH]1. The van der Waals surface area contributed by atoms with Gasteiger partial charge in [-0.15, -0.1) is 0 Å². The van der Waals surface area contributed by atoms with Crippen LogP contribution < -0.4 is 0 Å². The van der Waals surface area contributed by atoms with E-state index in [4.69, 9.17) is 5.11 Å². The molecule has 0 aromatic carbocycles. The first-order chi connectivity index (χ1) is 5.75. The number of rotatable bonds is 4. The monoisotopic (exact) mass is 168 g/mol. The molecule has 0 saturated heterocycles. The molecule has 0 amide bonds. The van der Waals surface area contributed by atoms with Gasteiger partial charge >= 0.3 is 0 Å². The third-order valence-electron chi connectivity index (χ3n) is 2.01. The van der Waals surface area contributed by atoms with Crippen LogP contribution in [0.3, 0.4) is 0 Å². The first-order valence-electron chi connectivity index (χ1n) is 4.16. The van der Waals surface area contributed by atoms with E-state index in [2.05, 4.69) is 9.88 Å². The molecule has 1 aromatic rings. The number of aromatic nitrogens is 1. The van der Waals surface area contributed by atoms with Gasteiger partial charge in [0.1, 0.15) is 0 Å². The van der Waals surface area contributed by atoms with E-state index >= 15 is 0 Å². The van der Waals surface area contributed by atoms with Gasteiger partial charge in [0.15, 0.2) is 0 Å².